The Hall–Kier alpha value is -1.53. The minimum absolute atomic E-state index is 0.0342. The smallest absolute Gasteiger partial charge is 0.316 e. The number of rotatable bonds is 7. The molecule has 0 spiro atoms. The number of hydrogen-bond donors (Lipinski definition) is 1. The summed E-state index contributed by atoms with van der Waals surface area (Å²) in [6, 6.07) is 5.55. The quantitative estimate of drug-likeness (QED) is 0.461. The van der Waals surface area contributed by atoms with Crippen LogP contribution in [0.15, 0.2) is 36.9 Å². The summed E-state index contributed by atoms with van der Waals surface area (Å²) >= 11 is 0. The molecule has 0 fully saturated rings. The predicted molar refractivity (Wildman–Crippen MR) is 60.1 cm³/mol. The van der Waals surface area contributed by atoms with Crippen molar-refractivity contribution in [2.45, 2.75) is 6.61 Å². The number of nitrogens with zero attached hydrogens (tertiary/aromatic N) is 1. The van der Waals surface area contributed by atoms with Gasteiger partial charge in [0.2, 0.25) is 0 Å². The predicted octanol–water partition coefficient (Wildman–Crippen LogP) is 1.67. The average Bonchev–Trinajstić information content (AvgIpc) is 2.35. The molecule has 7 nitrogen and oxygen atoms in total. The molecule has 1 atom stereocenters. The van der Waals surface area contributed by atoms with Gasteiger partial charge in [-0.3, -0.25) is 4.57 Å². The van der Waals surface area contributed by atoms with Crippen LogP contribution in [0.2, 0.25) is 0 Å². The van der Waals surface area contributed by atoms with Crippen LogP contribution in [0.3, 0.4) is 0 Å². The van der Waals surface area contributed by atoms with E-state index in [1.807, 2.05) is 0 Å². The van der Waals surface area contributed by atoms with E-state index >= 15 is 0 Å². The molecular weight excluding hydrogens is 261 g/mol. The van der Waals surface area contributed by atoms with Crippen molar-refractivity contribution in [3.63, 3.8) is 0 Å². The van der Waals surface area contributed by atoms with Crippen LogP contribution in [0.1, 0.15) is 5.56 Å². The Morgan fingerprint density at radius 2 is 2.00 bits per heavy atom. The van der Waals surface area contributed by atoms with Crippen molar-refractivity contribution in [2.24, 2.45) is 0 Å². The lowest BCUT2D eigenvalue weighted by Crippen LogP contribution is -2.08. The SMILES string of the molecule is C=CCOP(=O)([O-])OCc1ccc([N+](=O)O)cc1. The largest absolute Gasteiger partial charge is 0.756 e. The maximum absolute atomic E-state index is 11.2. The molecule has 1 rings (SSSR count). The van der Waals surface area contributed by atoms with Gasteiger partial charge < -0.3 is 13.9 Å². The molecule has 0 heterocycles. The minimum atomic E-state index is -4.35. The first-order valence-corrected chi connectivity index (χ1v) is 6.37. The molecular formula is C10H12NO6P. The monoisotopic (exact) mass is 273 g/mol. The number of benzene rings is 1. The van der Waals surface area contributed by atoms with Crippen LogP contribution in [0, 0.1) is 4.91 Å². The minimum Gasteiger partial charge on any atom is -0.756 e. The summed E-state index contributed by atoms with van der Waals surface area (Å²) < 4.78 is 20.2. The third-order valence-corrected chi connectivity index (χ3v) is 2.81. The lowest BCUT2D eigenvalue weighted by atomic mass is 10.2. The highest BCUT2D eigenvalue weighted by atomic mass is 31.2. The van der Waals surface area contributed by atoms with Crippen LogP contribution in [0.25, 0.3) is 0 Å². The highest BCUT2D eigenvalue weighted by Gasteiger charge is 2.12. The molecule has 1 aromatic rings. The van der Waals surface area contributed by atoms with Crippen molar-refractivity contribution in [3.05, 3.63) is 47.4 Å². The summed E-state index contributed by atoms with van der Waals surface area (Å²) in [4.78, 5) is 21.4. The fourth-order valence-electron chi connectivity index (χ4n) is 1.05. The molecule has 8 heteroatoms. The highest BCUT2D eigenvalue weighted by Crippen LogP contribution is 2.39. The van der Waals surface area contributed by atoms with Gasteiger partial charge in [0.15, 0.2) is 0 Å². The number of hydrogen-bond acceptors (Lipinski definition) is 5. The first-order chi connectivity index (χ1) is 8.44. The maximum Gasteiger partial charge on any atom is 0.316 e. The third kappa shape index (κ3) is 4.77. The summed E-state index contributed by atoms with van der Waals surface area (Å²) in [7, 11) is -4.35. The van der Waals surface area contributed by atoms with Crippen LogP contribution in [0.4, 0.5) is 5.69 Å². The van der Waals surface area contributed by atoms with E-state index in [2.05, 4.69) is 15.6 Å². The van der Waals surface area contributed by atoms with Crippen LogP contribution in [0.5, 0.6) is 0 Å². The van der Waals surface area contributed by atoms with Gasteiger partial charge >= 0.3 is 5.69 Å². The highest BCUT2D eigenvalue weighted by molar-refractivity contribution is 7.45. The first-order valence-electron chi connectivity index (χ1n) is 4.91. The Kier molecular flexibility index (Phi) is 5.18. The molecule has 0 bridgehead atoms. The first kappa shape index (κ1) is 14.5. The molecule has 0 aliphatic heterocycles. The second kappa shape index (κ2) is 6.42. The van der Waals surface area contributed by atoms with Crippen molar-refractivity contribution in [1.82, 2.24) is 0 Å². The van der Waals surface area contributed by atoms with E-state index in [1.165, 1.54) is 30.3 Å². The van der Waals surface area contributed by atoms with E-state index in [9.17, 15) is 14.4 Å². The Labute approximate surface area is 103 Å². The molecule has 18 heavy (non-hydrogen) atoms. The standard InChI is InChI=1S/C10H12NO6P/c1-2-7-16-18(14,15)17-8-9-3-5-10(6-4-9)11(12)13/h2-6H,1,7-8H2,(H-,12,13,14,15). The molecule has 0 aliphatic carbocycles. The van der Waals surface area contributed by atoms with Gasteiger partial charge in [-0.25, -0.2) is 5.21 Å². The van der Waals surface area contributed by atoms with Crippen molar-refractivity contribution in [2.75, 3.05) is 6.61 Å². The van der Waals surface area contributed by atoms with Gasteiger partial charge in [-0.1, -0.05) is 6.08 Å². The van der Waals surface area contributed by atoms with E-state index in [1.54, 1.807) is 0 Å². The molecule has 1 N–H and O–H groups in total. The van der Waals surface area contributed by atoms with Gasteiger partial charge in [-0.15, -0.1) is 6.58 Å². The van der Waals surface area contributed by atoms with Crippen LogP contribution in [-0.4, -0.2) is 16.7 Å². The second-order valence-corrected chi connectivity index (χ2v) is 4.66. The maximum atomic E-state index is 11.2. The van der Waals surface area contributed by atoms with Crippen molar-refractivity contribution < 1.29 is 28.6 Å². The van der Waals surface area contributed by atoms with Crippen LogP contribution in [-0.2, 0) is 20.2 Å². The Morgan fingerprint density at radius 3 is 2.50 bits per heavy atom. The third-order valence-electron chi connectivity index (χ3n) is 1.90. The Balaban J connectivity index is 2.55. The lowest BCUT2D eigenvalue weighted by Gasteiger charge is -2.21. The Bertz CT molecular complexity index is 472. The van der Waals surface area contributed by atoms with Crippen molar-refractivity contribution in [1.29, 1.82) is 0 Å². The van der Waals surface area contributed by atoms with E-state index in [4.69, 9.17) is 5.21 Å². The fraction of sp³-hybridized carbons (Fsp3) is 0.200. The zero-order valence-electron chi connectivity index (χ0n) is 9.39. The lowest BCUT2D eigenvalue weighted by molar-refractivity contribution is -0.729. The van der Waals surface area contributed by atoms with Gasteiger partial charge in [-0.05, 0) is 17.7 Å². The van der Waals surface area contributed by atoms with E-state index in [0.717, 1.165) is 0 Å². The molecule has 0 radical (unpaired) electrons. The Morgan fingerprint density at radius 1 is 1.39 bits per heavy atom. The molecule has 1 aromatic carbocycles. The van der Waals surface area contributed by atoms with E-state index in [0.29, 0.717) is 5.56 Å². The molecule has 0 amide bonds. The molecule has 0 aliphatic rings. The van der Waals surface area contributed by atoms with E-state index in [-0.39, 0.29) is 23.8 Å². The van der Waals surface area contributed by atoms with Crippen LogP contribution >= 0.6 is 7.82 Å². The normalized spacial score (nSPS) is 13.8. The number of phosphoric acid groups is 1. The van der Waals surface area contributed by atoms with Crippen molar-refractivity contribution in [3.8, 4) is 0 Å². The van der Waals surface area contributed by atoms with Gasteiger partial charge in [0, 0.05) is 12.1 Å². The second-order valence-electron chi connectivity index (χ2n) is 3.24. The fourth-order valence-corrected chi connectivity index (χ4v) is 1.72. The van der Waals surface area contributed by atoms with Gasteiger partial charge in [-0.2, -0.15) is 0 Å². The summed E-state index contributed by atoms with van der Waals surface area (Å²) in [5.41, 5.74) is 0.547. The topological polar surface area (TPSA) is 98.9 Å². The molecule has 0 saturated carbocycles. The van der Waals surface area contributed by atoms with Gasteiger partial charge in [0.25, 0.3) is 12.7 Å². The molecule has 0 aromatic heterocycles. The van der Waals surface area contributed by atoms with Crippen LogP contribution < -0.4 is 4.89 Å². The summed E-state index contributed by atoms with van der Waals surface area (Å²) in [6.45, 7) is 2.93. The summed E-state index contributed by atoms with van der Waals surface area (Å²) in [5.74, 6) is 0. The van der Waals surface area contributed by atoms with Gasteiger partial charge in [0.05, 0.1) is 18.1 Å². The summed E-state index contributed by atoms with van der Waals surface area (Å²) in [6.07, 6.45) is 1.28. The molecule has 0 saturated heterocycles. The summed E-state index contributed by atoms with van der Waals surface area (Å²) in [5, 5.41) is 8.59. The van der Waals surface area contributed by atoms with Crippen molar-refractivity contribution >= 4 is 13.5 Å². The number of phosphoric ester groups is 1. The van der Waals surface area contributed by atoms with Gasteiger partial charge in [0.1, 0.15) is 0 Å². The average molecular weight is 273 g/mol. The van der Waals surface area contributed by atoms with E-state index < -0.39 is 7.82 Å². The molecule has 98 valence electrons. The zero-order valence-corrected chi connectivity index (χ0v) is 10.3. The zero-order chi connectivity index (χ0) is 13.6. The molecule has 1 unspecified atom stereocenters.